The number of aliphatic imine (C=N–C) groups is 1. The molecule has 27 heavy (non-hydrogen) atoms. The highest BCUT2D eigenvalue weighted by Crippen LogP contribution is 2.40. The molecule has 2 aromatic rings. The molecule has 2 aromatic carbocycles. The zero-order chi connectivity index (χ0) is 18.2. The second-order valence-electron chi connectivity index (χ2n) is 6.42. The number of hydrogen-bond donors (Lipinski definition) is 2. The highest BCUT2D eigenvalue weighted by atomic mass is 127. The Morgan fingerprint density at radius 1 is 1.11 bits per heavy atom. The van der Waals surface area contributed by atoms with Crippen LogP contribution in [0.3, 0.4) is 0 Å². The van der Waals surface area contributed by atoms with Crippen molar-refractivity contribution in [3.05, 3.63) is 60.2 Å². The number of anilines is 1. The number of methoxy groups -OCH3 is 1. The molecule has 146 valence electrons. The van der Waals surface area contributed by atoms with E-state index in [1.807, 2.05) is 24.3 Å². The average Bonchev–Trinajstić information content (AvgIpc) is 3.45. The Kier molecular flexibility index (Phi) is 8.87. The maximum Gasteiger partial charge on any atom is 0.195 e. The van der Waals surface area contributed by atoms with Crippen LogP contribution in [0.2, 0.25) is 0 Å². The molecule has 6 heteroatoms. The zero-order valence-corrected chi connectivity index (χ0v) is 18.2. The number of rotatable bonds is 8. The van der Waals surface area contributed by atoms with Crippen LogP contribution in [0.25, 0.3) is 0 Å². The molecule has 0 saturated heterocycles. The molecule has 3 rings (SSSR count). The van der Waals surface area contributed by atoms with Crippen LogP contribution >= 0.6 is 24.0 Å². The summed E-state index contributed by atoms with van der Waals surface area (Å²) in [4.78, 5) is 4.34. The molecule has 2 atom stereocenters. The lowest BCUT2D eigenvalue weighted by Gasteiger charge is -2.13. The quantitative estimate of drug-likeness (QED) is 0.256. The van der Waals surface area contributed by atoms with Crippen molar-refractivity contribution in [3.63, 3.8) is 0 Å². The Morgan fingerprint density at radius 2 is 1.93 bits per heavy atom. The summed E-state index contributed by atoms with van der Waals surface area (Å²) in [5.41, 5.74) is 2.34. The third-order valence-electron chi connectivity index (χ3n) is 4.42. The summed E-state index contributed by atoms with van der Waals surface area (Å²) in [5, 5.41) is 6.85. The highest BCUT2D eigenvalue weighted by Gasteiger charge is 2.38. The van der Waals surface area contributed by atoms with Gasteiger partial charge >= 0.3 is 0 Å². The van der Waals surface area contributed by atoms with Gasteiger partial charge in [0.2, 0.25) is 0 Å². The molecule has 0 heterocycles. The summed E-state index contributed by atoms with van der Waals surface area (Å²) in [7, 11) is 3.49. The number of guanidine groups is 1. The van der Waals surface area contributed by atoms with E-state index in [4.69, 9.17) is 9.47 Å². The van der Waals surface area contributed by atoms with Crippen molar-refractivity contribution in [2.24, 2.45) is 4.99 Å². The summed E-state index contributed by atoms with van der Waals surface area (Å²) in [6.07, 6.45) is 2.01. The fraction of sp³-hybridized carbons (Fsp3) is 0.381. The van der Waals surface area contributed by atoms with Crippen LogP contribution in [0.15, 0.2) is 59.6 Å². The van der Waals surface area contributed by atoms with E-state index in [-0.39, 0.29) is 24.0 Å². The molecule has 1 aliphatic carbocycles. The van der Waals surface area contributed by atoms with E-state index in [9.17, 15) is 0 Å². The predicted octanol–water partition coefficient (Wildman–Crippen LogP) is 4.26. The van der Waals surface area contributed by atoms with E-state index < -0.39 is 0 Å². The minimum absolute atomic E-state index is 0. The first-order chi connectivity index (χ1) is 12.8. The largest absolute Gasteiger partial charge is 0.493 e. The van der Waals surface area contributed by atoms with Gasteiger partial charge in [0.15, 0.2) is 5.96 Å². The van der Waals surface area contributed by atoms with Crippen LogP contribution in [0, 0.1) is 0 Å². The van der Waals surface area contributed by atoms with Crippen molar-refractivity contribution in [1.82, 2.24) is 5.32 Å². The van der Waals surface area contributed by atoms with Gasteiger partial charge in [0, 0.05) is 50.9 Å². The molecule has 0 aromatic heterocycles. The summed E-state index contributed by atoms with van der Waals surface area (Å²) < 4.78 is 10.8. The number of nitrogens with one attached hydrogen (secondary N) is 2. The minimum atomic E-state index is 0. The molecule has 0 aliphatic heterocycles. The van der Waals surface area contributed by atoms with Gasteiger partial charge < -0.3 is 20.1 Å². The molecule has 2 unspecified atom stereocenters. The predicted molar refractivity (Wildman–Crippen MR) is 122 cm³/mol. The number of halogens is 1. The number of nitrogens with zero attached hydrogens (tertiary/aromatic N) is 1. The maximum absolute atomic E-state index is 5.75. The molecule has 0 spiro atoms. The van der Waals surface area contributed by atoms with E-state index in [1.54, 1.807) is 14.2 Å². The van der Waals surface area contributed by atoms with E-state index in [2.05, 4.69) is 46.0 Å². The first kappa shape index (κ1) is 21.5. The third kappa shape index (κ3) is 6.70. The van der Waals surface area contributed by atoms with Crippen LogP contribution < -0.4 is 15.4 Å². The molecule has 0 bridgehead atoms. The van der Waals surface area contributed by atoms with Crippen molar-refractivity contribution in [1.29, 1.82) is 0 Å². The van der Waals surface area contributed by atoms with Crippen LogP contribution in [-0.4, -0.2) is 39.4 Å². The molecule has 2 N–H and O–H groups in total. The Labute approximate surface area is 178 Å². The first-order valence-corrected chi connectivity index (χ1v) is 9.07. The normalized spacial score (nSPS) is 18.4. The van der Waals surface area contributed by atoms with Gasteiger partial charge in [0.1, 0.15) is 5.75 Å². The maximum atomic E-state index is 5.75. The van der Waals surface area contributed by atoms with E-state index in [0.29, 0.717) is 25.2 Å². The van der Waals surface area contributed by atoms with Gasteiger partial charge in [-0.15, -0.1) is 24.0 Å². The fourth-order valence-electron chi connectivity index (χ4n) is 2.95. The van der Waals surface area contributed by atoms with Crippen molar-refractivity contribution in [2.45, 2.75) is 24.8 Å². The molecular weight excluding hydrogens is 453 g/mol. The van der Waals surface area contributed by atoms with E-state index in [1.165, 1.54) is 5.56 Å². The smallest absolute Gasteiger partial charge is 0.195 e. The lowest BCUT2D eigenvalue weighted by atomic mass is 10.1. The Balaban J connectivity index is 0.00000261. The molecular formula is C21H28IN3O2. The van der Waals surface area contributed by atoms with Crippen molar-refractivity contribution >= 4 is 35.6 Å². The molecule has 1 saturated carbocycles. The Morgan fingerprint density at radius 3 is 2.67 bits per heavy atom. The molecule has 1 fully saturated rings. The minimum Gasteiger partial charge on any atom is -0.493 e. The number of benzene rings is 2. The lowest BCUT2D eigenvalue weighted by molar-refractivity contribution is 0.172. The molecule has 0 radical (unpaired) electrons. The van der Waals surface area contributed by atoms with Crippen LogP contribution in [0.4, 0.5) is 5.69 Å². The number of hydrogen-bond acceptors (Lipinski definition) is 3. The highest BCUT2D eigenvalue weighted by molar-refractivity contribution is 14.0. The second kappa shape index (κ2) is 11.1. The Bertz CT molecular complexity index is 724. The van der Waals surface area contributed by atoms with Gasteiger partial charge in [-0.1, -0.05) is 36.4 Å². The average molecular weight is 481 g/mol. The second-order valence-corrected chi connectivity index (χ2v) is 6.42. The van der Waals surface area contributed by atoms with Crippen LogP contribution in [0.1, 0.15) is 24.3 Å². The summed E-state index contributed by atoms with van der Waals surface area (Å²) in [6.45, 7) is 1.35. The zero-order valence-electron chi connectivity index (χ0n) is 15.9. The Hall–Kier alpha value is -1.80. The van der Waals surface area contributed by atoms with Crippen molar-refractivity contribution in [3.8, 4) is 5.75 Å². The van der Waals surface area contributed by atoms with Crippen LogP contribution in [0.5, 0.6) is 5.75 Å². The summed E-state index contributed by atoms with van der Waals surface area (Å²) >= 11 is 0. The molecule has 1 aliphatic rings. The van der Waals surface area contributed by atoms with Crippen molar-refractivity contribution in [2.75, 3.05) is 32.7 Å². The standard InChI is InChI=1S/C21H27N3O2.HI/c1-22-21(24-20-15-19(20)16-8-4-3-5-9-16)23-17-10-6-11-18(14-17)26-13-7-12-25-2;/h3-6,8-11,14,19-20H,7,12-13,15H2,1-2H3,(H2,22,23,24);1H. The van der Waals surface area contributed by atoms with Gasteiger partial charge in [-0.25, -0.2) is 0 Å². The van der Waals surface area contributed by atoms with Gasteiger partial charge in [-0.2, -0.15) is 0 Å². The summed E-state index contributed by atoms with van der Waals surface area (Å²) in [5.74, 6) is 2.19. The summed E-state index contributed by atoms with van der Waals surface area (Å²) in [6, 6.07) is 19.0. The topological polar surface area (TPSA) is 54.9 Å². The third-order valence-corrected chi connectivity index (χ3v) is 4.42. The van der Waals surface area contributed by atoms with Crippen molar-refractivity contribution < 1.29 is 9.47 Å². The molecule has 5 nitrogen and oxygen atoms in total. The molecule has 0 amide bonds. The lowest BCUT2D eigenvalue weighted by Crippen LogP contribution is -2.33. The number of ether oxygens (including phenoxy) is 2. The SMILES string of the molecule is CN=C(Nc1cccc(OCCCOC)c1)NC1CC1c1ccccc1.I. The van der Waals surface area contributed by atoms with Crippen LogP contribution in [-0.2, 0) is 4.74 Å². The van der Waals surface area contributed by atoms with Gasteiger partial charge in [-0.05, 0) is 24.1 Å². The monoisotopic (exact) mass is 481 g/mol. The van der Waals surface area contributed by atoms with E-state index >= 15 is 0 Å². The fourth-order valence-corrected chi connectivity index (χ4v) is 2.95. The van der Waals surface area contributed by atoms with Gasteiger partial charge in [-0.3, -0.25) is 4.99 Å². The van der Waals surface area contributed by atoms with Gasteiger partial charge in [0.25, 0.3) is 0 Å². The first-order valence-electron chi connectivity index (χ1n) is 9.07. The van der Waals surface area contributed by atoms with E-state index in [0.717, 1.165) is 30.2 Å². The van der Waals surface area contributed by atoms with Gasteiger partial charge in [0.05, 0.1) is 6.61 Å².